The highest BCUT2D eigenvalue weighted by molar-refractivity contribution is 9.09. The van der Waals surface area contributed by atoms with E-state index in [0.717, 1.165) is 31.8 Å². The van der Waals surface area contributed by atoms with E-state index >= 15 is 0 Å². The van der Waals surface area contributed by atoms with Gasteiger partial charge in [-0.25, -0.2) is 0 Å². The Morgan fingerprint density at radius 3 is 1.88 bits per heavy atom. The van der Waals surface area contributed by atoms with Crippen molar-refractivity contribution in [2.75, 3.05) is 31.8 Å². The molecule has 0 aliphatic carbocycles. The number of alkyl halides is 1. The van der Waals surface area contributed by atoms with E-state index in [-0.39, 0.29) is 0 Å². The SMILES string of the molecule is CCOCCOCCCCCCCCCBr. The fourth-order valence-corrected chi connectivity index (χ4v) is 1.94. The third-order valence-electron chi connectivity index (χ3n) is 2.50. The van der Waals surface area contributed by atoms with Crippen molar-refractivity contribution < 1.29 is 9.47 Å². The first-order chi connectivity index (χ1) is 7.91. The van der Waals surface area contributed by atoms with Gasteiger partial charge in [0.1, 0.15) is 0 Å². The van der Waals surface area contributed by atoms with Crippen molar-refractivity contribution >= 4 is 15.9 Å². The monoisotopic (exact) mass is 294 g/mol. The molecule has 0 aliphatic heterocycles. The van der Waals surface area contributed by atoms with Gasteiger partial charge < -0.3 is 9.47 Å². The highest BCUT2D eigenvalue weighted by Crippen LogP contribution is 2.07. The molecule has 0 aliphatic rings. The minimum absolute atomic E-state index is 0.739. The Bertz CT molecular complexity index is 107. The molecular weight excluding hydrogens is 268 g/mol. The first kappa shape index (κ1) is 16.4. The average Bonchev–Trinajstić information content (AvgIpc) is 2.31. The summed E-state index contributed by atoms with van der Waals surface area (Å²) >= 11 is 3.45. The van der Waals surface area contributed by atoms with Gasteiger partial charge in [0.2, 0.25) is 0 Å². The maximum atomic E-state index is 5.45. The molecule has 0 aromatic rings. The van der Waals surface area contributed by atoms with Crippen LogP contribution in [0, 0.1) is 0 Å². The van der Waals surface area contributed by atoms with Gasteiger partial charge in [-0.1, -0.05) is 48.0 Å². The van der Waals surface area contributed by atoms with Crippen LogP contribution in [0.5, 0.6) is 0 Å². The average molecular weight is 295 g/mol. The largest absolute Gasteiger partial charge is 0.379 e. The van der Waals surface area contributed by atoms with E-state index in [4.69, 9.17) is 9.47 Å². The third-order valence-corrected chi connectivity index (χ3v) is 3.06. The lowest BCUT2D eigenvalue weighted by Gasteiger charge is -2.04. The summed E-state index contributed by atoms with van der Waals surface area (Å²) in [6, 6.07) is 0. The minimum Gasteiger partial charge on any atom is -0.379 e. The molecule has 16 heavy (non-hydrogen) atoms. The van der Waals surface area contributed by atoms with Crippen LogP contribution in [-0.4, -0.2) is 31.8 Å². The Labute approximate surface area is 109 Å². The first-order valence-electron chi connectivity index (χ1n) is 6.63. The van der Waals surface area contributed by atoms with Crippen LogP contribution in [0.1, 0.15) is 51.9 Å². The summed E-state index contributed by atoms with van der Waals surface area (Å²) in [5.74, 6) is 0. The number of hydrogen-bond acceptors (Lipinski definition) is 2. The standard InChI is InChI=1S/C13H27BrO2/c1-2-15-12-13-16-11-9-7-5-3-4-6-8-10-14/h2-13H2,1H3. The van der Waals surface area contributed by atoms with Crippen LogP contribution in [0.2, 0.25) is 0 Å². The van der Waals surface area contributed by atoms with Gasteiger partial charge in [0, 0.05) is 18.5 Å². The second-order valence-corrected chi connectivity index (χ2v) is 4.77. The predicted octanol–water partition coefficient (Wildman–Crippen LogP) is 4.17. The molecule has 0 spiro atoms. The van der Waals surface area contributed by atoms with Crippen LogP contribution in [0.25, 0.3) is 0 Å². The summed E-state index contributed by atoms with van der Waals surface area (Å²) in [4.78, 5) is 0. The zero-order valence-electron chi connectivity index (χ0n) is 10.7. The van der Waals surface area contributed by atoms with Crippen molar-refractivity contribution in [2.45, 2.75) is 51.9 Å². The Balaban J connectivity index is 2.83. The van der Waals surface area contributed by atoms with Gasteiger partial charge in [-0.2, -0.15) is 0 Å². The van der Waals surface area contributed by atoms with Crippen LogP contribution in [-0.2, 0) is 9.47 Å². The second kappa shape index (κ2) is 15.4. The van der Waals surface area contributed by atoms with Gasteiger partial charge in [0.25, 0.3) is 0 Å². The molecule has 0 heterocycles. The molecule has 0 atom stereocenters. The number of ether oxygens (including phenoxy) is 2. The summed E-state index contributed by atoms with van der Waals surface area (Å²) in [5.41, 5.74) is 0. The molecule has 2 nitrogen and oxygen atoms in total. The zero-order chi connectivity index (χ0) is 11.9. The molecule has 0 bridgehead atoms. The van der Waals surface area contributed by atoms with Gasteiger partial charge >= 0.3 is 0 Å². The molecule has 0 aromatic carbocycles. The van der Waals surface area contributed by atoms with Crippen molar-refractivity contribution in [3.63, 3.8) is 0 Å². The van der Waals surface area contributed by atoms with E-state index in [1.54, 1.807) is 0 Å². The van der Waals surface area contributed by atoms with Gasteiger partial charge in [0.05, 0.1) is 13.2 Å². The number of halogens is 1. The van der Waals surface area contributed by atoms with Crippen molar-refractivity contribution in [1.29, 1.82) is 0 Å². The van der Waals surface area contributed by atoms with Crippen molar-refractivity contribution in [2.24, 2.45) is 0 Å². The maximum Gasteiger partial charge on any atom is 0.0700 e. The first-order valence-corrected chi connectivity index (χ1v) is 7.75. The molecule has 3 heteroatoms. The Morgan fingerprint density at radius 2 is 1.25 bits per heavy atom. The Hall–Kier alpha value is 0.400. The summed E-state index contributed by atoms with van der Waals surface area (Å²) in [7, 11) is 0. The predicted molar refractivity (Wildman–Crippen MR) is 73.4 cm³/mol. The van der Waals surface area contributed by atoms with Crippen LogP contribution in [0.4, 0.5) is 0 Å². The molecular formula is C13H27BrO2. The van der Waals surface area contributed by atoms with E-state index in [0.29, 0.717) is 0 Å². The van der Waals surface area contributed by atoms with Gasteiger partial charge in [0.15, 0.2) is 0 Å². The highest BCUT2D eigenvalue weighted by atomic mass is 79.9. The highest BCUT2D eigenvalue weighted by Gasteiger charge is 1.92. The van der Waals surface area contributed by atoms with E-state index in [1.807, 2.05) is 6.92 Å². The lowest BCUT2D eigenvalue weighted by molar-refractivity contribution is 0.0512. The molecule has 0 saturated carbocycles. The van der Waals surface area contributed by atoms with Gasteiger partial charge in [-0.05, 0) is 19.8 Å². The number of unbranched alkanes of at least 4 members (excludes halogenated alkanes) is 6. The lowest BCUT2D eigenvalue weighted by Crippen LogP contribution is -2.04. The summed E-state index contributed by atoms with van der Waals surface area (Å²) in [6.45, 7) is 5.18. The van der Waals surface area contributed by atoms with E-state index in [9.17, 15) is 0 Å². The Morgan fingerprint density at radius 1 is 0.688 bits per heavy atom. The molecule has 0 radical (unpaired) electrons. The minimum atomic E-state index is 0.739. The quantitative estimate of drug-likeness (QED) is 0.375. The van der Waals surface area contributed by atoms with Crippen molar-refractivity contribution in [1.82, 2.24) is 0 Å². The van der Waals surface area contributed by atoms with Gasteiger partial charge in [-0.15, -0.1) is 0 Å². The molecule has 0 N–H and O–H groups in total. The molecule has 0 fully saturated rings. The van der Waals surface area contributed by atoms with Crippen LogP contribution in [0.15, 0.2) is 0 Å². The Kier molecular flexibility index (Phi) is 15.8. The van der Waals surface area contributed by atoms with E-state index in [2.05, 4.69) is 15.9 Å². The normalized spacial score (nSPS) is 10.9. The second-order valence-electron chi connectivity index (χ2n) is 3.97. The molecule has 0 saturated heterocycles. The summed E-state index contributed by atoms with van der Waals surface area (Å²) in [5, 5.41) is 1.15. The summed E-state index contributed by atoms with van der Waals surface area (Å²) in [6.07, 6.45) is 9.32. The lowest BCUT2D eigenvalue weighted by atomic mass is 10.1. The van der Waals surface area contributed by atoms with Crippen LogP contribution >= 0.6 is 15.9 Å². The molecule has 98 valence electrons. The van der Waals surface area contributed by atoms with Crippen LogP contribution in [0.3, 0.4) is 0 Å². The molecule has 0 aromatic heterocycles. The zero-order valence-corrected chi connectivity index (χ0v) is 12.3. The molecule has 0 rings (SSSR count). The molecule has 0 unspecified atom stereocenters. The van der Waals surface area contributed by atoms with Crippen molar-refractivity contribution in [3.05, 3.63) is 0 Å². The smallest absolute Gasteiger partial charge is 0.0700 e. The van der Waals surface area contributed by atoms with Crippen molar-refractivity contribution in [3.8, 4) is 0 Å². The van der Waals surface area contributed by atoms with Crippen LogP contribution < -0.4 is 0 Å². The maximum absolute atomic E-state index is 5.45. The topological polar surface area (TPSA) is 18.5 Å². The van der Waals surface area contributed by atoms with Gasteiger partial charge in [-0.3, -0.25) is 0 Å². The fraction of sp³-hybridized carbons (Fsp3) is 1.00. The molecule has 0 amide bonds. The fourth-order valence-electron chi connectivity index (χ4n) is 1.55. The third kappa shape index (κ3) is 14.4. The number of hydrogen-bond donors (Lipinski definition) is 0. The van der Waals surface area contributed by atoms with E-state index in [1.165, 1.54) is 44.9 Å². The summed E-state index contributed by atoms with van der Waals surface area (Å²) < 4.78 is 10.6. The van der Waals surface area contributed by atoms with E-state index < -0.39 is 0 Å². The number of rotatable bonds is 13.